The molecule has 2 aliphatic heterocycles. The van der Waals surface area contributed by atoms with Gasteiger partial charge in [-0.05, 0) is 31.2 Å². The van der Waals surface area contributed by atoms with E-state index >= 15 is 0 Å². The summed E-state index contributed by atoms with van der Waals surface area (Å²) in [6.07, 6.45) is -0.0439. The first-order chi connectivity index (χ1) is 13.2. The predicted octanol–water partition coefficient (Wildman–Crippen LogP) is 3.30. The number of nitrogens with one attached hydrogen (secondary N) is 1. The van der Waals surface area contributed by atoms with Crippen molar-refractivity contribution in [1.29, 1.82) is 0 Å². The third-order valence-corrected chi connectivity index (χ3v) is 4.72. The first-order valence-electron chi connectivity index (χ1n) is 8.89. The molecule has 0 amide bonds. The van der Waals surface area contributed by atoms with Crippen LogP contribution in [-0.4, -0.2) is 44.4 Å². The van der Waals surface area contributed by atoms with Gasteiger partial charge in [0, 0.05) is 12.6 Å². The number of halogens is 2. The maximum Gasteiger partial charge on any atom is 0.269 e. The molecule has 0 spiro atoms. The molecule has 1 saturated heterocycles. The van der Waals surface area contributed by atoms with E-state index in [2.05, 4.69) is 10.3 Å². The fourth-order valence-electron chi connectivity index (χ4n) is 3.39. The number of fused-ring (bicyclic) bond motifs is 1. The minimum Gasteiger partial charge on any atom is -0.490 e. The lowest BCUT2D eigenvalue weighted by Crippen LogP contribution is -2.29. The van der Waals surface area contributed by atoms with E-state index in [1.165, 1.54) is 19.4 Å². The molecule has 0 unspecified atom stereocenters. The Hall–Kier alpha value is -2.61. The van der Waals surface area contributed by atoms with Gasteiger partial charge in [0.15, 0.2) is 0 Å². The van der Waals surface area contributed by atoms with E-state index in [1.54, 1.807) is 0 Å². The Balaban J connectivity index is 1.66. The molecule has 2 aliphatic rings. The van der Waals surface area contributed by atoms with E-state index in [4.69, 9.17) is 14.2 Å². The van der Waals surface area contributed by atoms with E-state index in [9.17, 15) is 8.78 Å². The number of pyridine rings is 1. The van der Waals surface area contributed by atoms with Crippen LogP contribution in [0.2, 0.25) is 0 Å². The van der Waals surface area contributed by atoms with Crippen LogP contribution in [0.4, 0.5) is 20.2 Å². The van der Waals surface area contributed by atoms with Crippen LogP contribution >= 0.6 is 0 Å². The van der Waals surface area contributed by atoms with E-state index in [0.717, 1.165) is 30.9 Å². The fraction of sp³-hybridized carbons (Fsp3) is 0.421. The van der Waals surface area contributed by atoms with E-state index < -0.39 is 6.43 Å². The summed E-state index contributed by atoms with van der Waals surface area (Å²) >= 11 is 0. The predicted molar refractivity (Wildman–Crippen MR) is 96.6 cm³/mol. The average molecular weight is 377 g/mol. The van der Waals surface area contributed by atoms with Gasteiger partial charge in [-0.1, -0.05) is 0 Å². The molecule has 0 bridgehead atoms. The zero-order chi connectivity index (χ0) is 18.8. The van der Waals surface area contributed by atoms with Crippen LogP contribution in [0.1, 0.15) is 18.4 Å². The minimum atomic E-state index is -2.67. The third-order valence-electron chi connectivity index (χ3n) is 4.72. The normalized spacial score (nSPS) is 19.0. The molecular formula is C19H21F2N3O3. The fourth-order valence-corrected chi connectivity index (χ4v) is 3.39. The number of rotatable bonds is 5. The van der Waals surface area contributed by atoms with Crippen molar-refractivity contribution in [2.75, 3.05) is 38.3 Å². The molecule has 6 nitrogen and oxygen atoms in total. The molecule has 2 aromatic rings. The summed E-state index contributed by atoms with van der Waals surface area (Å²) in [5, 5.41) is 3.27. The average Bonchev–Trinajstić information content (AvgIpc) is 3.20. The monoisotopic (exact) mass is 377 g/mol. The number of methoxy groups -OCH3 is 1. The minimum absolute atomic E-state index is 0.0620. The molecule has 0 saturated carbocycles. The van der Waals surface area contributed by atoms with Crippen LogP contribution in [0.5, 0.6) is 17.4 Å². The molecule has 8 heteroatoms. The lowest BCUT2D eigenvalue weighted by molar-refractivity contribution is 0.146. The highest BCUT2D eigenvalue weighted by atomic mass is 19.3. The molecule has 1 aromatic carbocycles. The highest BCUT2D eigenvalue weighted by Crippen LogP contribution is 2.41. The van der Waals surface area contributed by atoms with Gasteiger partial charge >= 0.3 is 0 Å². The van der Waals surface area contributed by atoms with Crippen molar-refractivity contribution in [3.8, 4) is 17.4 Å². The second kappa shape index (κ2) is 7.56. The molecule has 1 fully saturated rings. The molecule has 1 aromatic heterocycles. The Bertz CT molecular complexity index is 813. The molecule has 4 rings (SSSR count). The Labute approximate surface area is 156 Å². The summed E-state index contributed by atoms with van der Waals surface area (Å²) in [5.41, 5.74) is 1.11. The first kappa shape index (κ1) is 17.8. The zero-order valence-corrected chi connectivity index (χ0v) is 15.0. The van der Waals surface area contributed by atoms with Crippen molar-refractivity contribution in [2.24, 2.45) is 0 Å². The number of hydrogen-bond acceptors (Lipinski definition) is 6. The van der Waals surface area contributed by atoms with Crippen molar-refractivity contribution in [3.05, 3.63) is 36.0 Å². The Morgan fingerprint density at radius 1 is 1.33 bits per heavy atom. The van der Waals surface area contributed by atoms with Gasteiger partial charge in [-0.3, -0.25) is 0 Å². The molecular weight excluding hydrogens is 356 g/mol. The number of benzene rings is 1. The third kappa shape index (κ3) is 3.62. The van der Waals surface area contributed by atoms with Gasteiger partial charge in [-0.2, -0.15) is 0 Å². The standard InChI is InChI=1S/C19H21F2N3O3/c1-25-19-15(18(20)21)8-12(10-23-19)24-6-7-26-17-3-2-13(9-16(17)24)27-14-4-5-22-11-14/h2-3,8-10,14,18,22H,4-7,11H2,1H3/t14-/m0/s1. The van der Waals surface area contributed by atoms with Crippen LogP contribution in [0, 0.1) is 0 Å². The molecule has 1 N–H and O–H groups in total. The van der Waals surface area contributed by atoms with Gasteiger partial charge in [0.05, 0.1) is 36.8 Å². The number of hydrogen-bond donors (Lipinski definition) is 1. The summed E-state index contributed by atoms with van der Waals surface area (Å²) in [6.45, 7) is 2.74. The quantitative estimate of drug-likeness (QED) is 0.863. The molecule has 3 heterocycles. The Morgan fingerprint density at radius 2 is 2.22 bits per heavy atom. The van der Waals surface area contributed by atoms with E-state index in [-0.39, 0.29) is 17.5 Å². The largest absolute Gasteiger partial charge is 0.490 e. The van der Waals surface area contributed by atoms with Gasteiger partial charge in [-0.25, -0.2) is 13.8 Å². The smallest absolute Gasteiger partial charge is 0.269 e. The number of ether oxygens (including phenoxy) is 3. The molecule has 27 heavy (non-hydrogen) atoms. The highest BCUT2D eigenvalue weighted by Gasteiger charge is 2.24. The van der Waals surface area contributed by atoms with Crippen molar-refractivity contribution in [2.45, 2.75) is 19.0 Å². The molecule has 1 atom stereocenters. The van der Waals surface area contributed by atoms with Crippen LogP contribution in [-0.2, 0) is 0 Å². The second-order valence-corrected chi connectivity index (χ2v) is 6.46. The SMILES string of the molecule is COc1ncc(N2CCOc3ccc(O[C@H]4CCNC4)cc32)cc1C(F)F. The van der Waals surface area contributed by atoms with Crippen LogP contribution in [0.15, 0.2) is 30.5 Å². The molecule has 144 valence electrons. The second-order valence-electron chi connectivity index (χ2n) is 6.46. The molecule has 0 radical (unpaired) electrons. The number of nitrogens with zero attached hydrogens (tertiary/aromatic N) is 2. The Kier molecular flexibility index (Phi) is 4.98. The van der Waals surface area contributed by atoms with E-state index in [1.807, 2.05) is 23.1 Å². The highest BCUT2D eigenvalue weighted by molar-refractivity contribution is 5.72. The lowest BCUT2D eigenvalue weighted by atomic mass is 10.1. The maximum absolute atomic E-state index is 13.4. The van der Waals surface area contributed by atoms with Gasteiger partial charge in [0.25, 0.3) is 6.43 Å². The van der Waals surface area contributed by atoms with Crippen molar-refractivity contribution in [3.63, 3.8) is 0 Å². The summed E-state index contributed by atoms with van der Waals surface area (Å²) in [6, 6.07) is 7.03. The summed E-state index contributed by atoms with van der Waals surface area (Å²) in [5.74, 6) is 1.36. The van der Waals surface area contributed by atoms with Crippen molar-refractivity contribution >= 4 is 11.4 Å². The van der Waals surface area contributed by atoms with Gasteiger partial charge in [0.1, 0.15) is 24.2 Å². The molecule has 0 aliphatic carbocycles. The van der Waals surface area contributed by atoms with Gasteiger partial charge in [0.2, 0.25) is 5.88 Å². The van der Waals surface area contributed by atoms with Gasteiger partial charge in [-0.15, -0.1) is 0 Å². The van der Waals surface area contributed by atoms with Crippen LogP contribution in [0.3, 0.4) is 0 Å². The maximum atomic E-state index is 13.4. The number of anilines is 2. The topological polar surface area (TPSA) is 55.9 Å². The van der Waals surface area contributed by atoms with Crippen molar-refractivity contribution in [1.82, 2.24) is 10.3 Å². The van der Waals surface area contributed by atoms with Crippen LogP contribution < -0.4 is 24.4 Å². The number of aromatic nitrogens is 1. The zero-order valence-electron chi connectivity index (χ0n) is 15.0. The van der Waals surface area contributed by atoms with E-state index in [0.29, 0.717) is 24.6 Å². The summed E-state index contributed by atoms with van der Waals surface area (Å²) < 4.78 is 43.4. The summed E-state index contributed by atoms with van der Waals surface area (Å²) in [7, 11) is 1.33. The first-order valence-corrected chi connectivity index (χ1v) is 8.89. The van der Waals surface area contributed by atoms with Crippen LogP contribution in [0.25, 0.3) is 0 Å². The number of alkyl halides is 2. The van der Waals surface area contributed by atoms with Crippen molar-refractivity contribution < 1.29 is 23.0 Å². The van der Waals surface area contributed by atoms with Gasteiger partial charge < -0.3 is 24.4 Å². The summed E-state index contributed by atoms with van der Waals surface area (Å²) in [4.78, 5) is 5.96. The Morgan fingerprint density at radius 3 is 2.96 bits per heavy atom. The lowest BCUT2D eigenvalue weighted by Gasteiger charge is -2.32.